The largest absolute Gasteiger partial charge is 0.454 e. The molecule has 1 heterocycles. The molecule has 3 aromatic rings. The molecule has 0 aliphatic heterocycles. The van der Waals surface area contributed by atoms with Gasteiger partial charge in [0.05, 0.1) is 11.3 Å². The van der Waals surface area contributed by atoms with E-state index in [1.807, 2.05) is 13.8 Å². The molecule has 3 rings (SSSR count). The van der Waals surface area contributed by atoms with Crippen LogP contribution in [0.15, 0.2) is 48.5 Å². The highest BCUT2D eigenvalue weighted by Crippen LogP contribution is 2.18. The van der Waals surface area contributed by atoms with Gasteiger partial charge in [-0.1, -0.05) is 12.1 Å². The molecular weight excluding hydrogens is 335 g/mol. The number of Topliss-reactive ketones (excluding diaryl/α,β-unsaturated/α-hetero) is 1. The molecule has 0 atom stereocenters. The van der Waals surface area contributed by atoms with Crippen LogP contribution in [-0.4, -0.2) is 28.3 Å². The van der Waals surface area contributed by atoms with Gasteiger partial charge in [0.2, 0.25) is 0 Å². The number of rotatable bonds is 5. The van der Waals surface area contributed by atoms with Crippen molar-refractivity contribution < 1.29 is 18.7 Å². The predicted molar refractivity (Wildman–Crippen MR) is 94.5 cm³/mol. The summed E-state index contributed by atoms with van der Waals surface area (Å²) in [5.41, 5.74) is 3.38. The number of aryl methyl sites for hydroxylation is 2. The van der Waals surface area contributed by atoms with Crippen LogP contribution in [0.3, 0.4) is 0 Å². The first-order valence-electron chi connectivity index (χ1n) is 8.03. The Hall–Kier alpha value is -3.28. The van der Waals surface area contributed by atoms with Gasteiger partial charge in [0.1, 0.15) is 11.6 Å². The van der Waals surface area contributed by atoms with Crippen molar-refractivity contribution in [1.82, 2.24) is 9.97 Å². The number of benzene rings is 2. The van der Waals surface area contributed by atoms with E-state index in [9.17, 15) is 14.0 Å². The molecule has 1 aromatic heterocycles. The lowest BCUT2D eigenvalue weighted by atomic mass is 10.1. The van der Waals surface area contributed by atoms with Crippen molar-refractivity contribution in [2.75, 3.05) is 6.61 Å². The minimum Gasteiger partial charge on any atom is -0.454 e. The summed E-state index contributed by atoms with van der Waals surface area (Å²) in [6, 6.07) is 11.8. The van der Waals surface area contributed by atoms with E-state index in [-0.39, 0.29) is 5.56 Å². The number of hydrogen-bond acceptors (Lipinski definition) is 4. The Morgan fingerprint density at radius 3 is 2.19 bits per heavy atom. The molecule has 0 amide bonds. The molecule has 0 unspecified atom stereocenters. The van der Waals surface area contributed by atoms with Crippen LogP contribution >= 0.6 is 0 Å². The van der Waals surface area contributed by atoms with Gasteiger partial charge in [0.15, 0.2) is 12.4 Å². The van der Waals surface area contributed by atoms with Gasteiger partial charge in [-0.25, -0.2) is 14.2 Å². The zero-order chi connectivity index (χ0) is 18.7. The molecule has 1 N–H and O–H groups in total. The van der Waals surface area contributed by atoms with E-state index < -0.39 is 24.2 Å². The average molecular weight is 352 g/mol. The van der Waals surface area contributed by atoms with E-state index in [1.165, 1.54) is 24.3 Å². The summed E-state index contributed by atoms with van der Waals surface area (Å²) >= 11 is 0. The lowest BCUT2D eigenvalue weighted by Crippen LogP contribution is -2.14. The molecule has 0 bridgehead atoms. The second-order valence-corrected chi connectivity index (χ2v) is 5.88. The Labute approximate surface area is 149 Å². The van der Waals surface area contributed by atoms with Crippen molar-refractivity contribution in [3.63, 3.8) is 0 Å². The second kappa shape index (κ2) is 7.31. The number of imidazole rings is 1. The lowest BCUT2D eigenvalue weighted by molar-refractivity contribution is 0.0474. The van der Waals surface area contributed by atoms with Gasteiger partial charge >= 0.3 is 5.97 Å². The van der Waals surface area contributed by atoms with E-state index in [0.29, 0.717) is 5.56 Å². The third kappa shape index (κ3) is 3.85. The van der Waals surface area contributed by atoms with E-state index in [1.54, 1.807) is 24.3 Å². The number of ether oxygens (including phenoxy) is 1. The quantitative estimate of drug-likeness (QED) is 0.559. The molecule has 0 spiro atoms. The Bertz CT molecular complexity index is 925. The summed E-state index contributed by atoms with van der Waals surface area (Å²) in [5, 5.41) is 0. The second-order valence-electron chi connectivity index (χ2n) is 5.88. The summed E-state index contributed by atoms with van der Waals surface area (Å²) in [7, 11) is 0. The van der Waals surface area contributed by atoms with Gasteiger partial charge in [0.25, 0.3) is 0 Å². The monoisotopic (exact) mass is 352 g/mol. The molecule has 0 saturated heterocycles. The summed E-state index contributed by atoms with van der Waals surface area (Å²) in [6.07, 6.45) is 0. The third-order valence-corrected chi connectivity index (χ3v) is 4.02. The molecule has 0 saturated carbocycles. The number of esters is 1. The Morgan fingerprint density at radius 2 is 1.62 bits per heavy atom. The van der Waals surface area contributed by atoms with Crippen LogP contribution in [0.25, 0.3) is 11.4 Å². The Balaban J connectivity index is 1.63. The van der Waals surface area contributed by atoms with Crippen molar-refractivity contribution in [3.8, 4) is 11.4 Å². The van der Waals surface area contributed by atoms with Crippen LogP contribution in [0.5, 0.6) is 0 Å². The van der Waals surface area contributed by atoms with Gasteiger partial charge < -0.3 is 9.72 Å². The van der Waals surface area contributed by atoms with Crippen LogP contribution in [0.4, 0.5) is 4.39 Å². The smallest absolute Gasteiger partial charge is 0.338 e. The number of hydrogen-bond donors (Lipinski definition) is 1. The fraction of sp³-hybridized carbons (Fsp3) is 0.150. The number of ketones is 1. The third-order valence-electron chi connectivity index (χ3n) is 4.02. The van der Waals surface area contributed by atoms with Gasteiger partial charge in [-0.05, 0) is 50.2 Å². The maximum Gasteiger partial charge on any atom is 0.338 e. The van der Waals surface area contributed by atoms with Gasteiger partial charge in [-0.15, -0.1) is 0 Å². The highest BCUT2D eigenvalue weighted by Gasteiger charge is 2.13. The zero-order valence-electron chi connectivity index (χ0n) is 14.4. The molecule has 5 nitrogen and oxygen atoms in total. The molecule has 0 radical (unpaired) electrons. The number of H-pyrrole nitrogens is 1. The molecule has 2 aromatic carbocycles. The normalized spacial score (nSPS) is 10.6. The molecule has 0 fully saturated rings. The fourth-order valence-corrected chi connectivity index (χ4v) is 2.38. The van der Waals surface area contributed by atoms with E-state index in [2.05, 4.69) is 9.97 Å². The van der Waals surface area contributed by atoms with Crippen molar-refractivity contribution in [2.45, 2.75) is 13.8 Å². The van der Waals surface area contributed by atoms with Crippen molar-refractivity contribution >= 4 is 11.8 Å². The number of aromatic amines is 1. The number of halogens is 1. The first-order valence-corrected chi connectivity index (χ1v) is 8.03. The maximum atomic E-state index is 12.9. The average Bonchev–Trinajstić information content (AvgIpc) is 2.99. The van der Waals surface area contributed by atoms with Crippen LogP contribution in [0.1, 0.15) is 32.1 Å². The number of nitrogens with one attached hydrogen (secondary N) is 1. The first-order chi connectivity index (χ1) is 12.4. The van der Waals surface area contributed by atoms with E-state index in [4.69, 9.17) is 4.74 Å². The van der Waals surface area contributed by atoms with Crippen LogP contribution < -0.4 is 0 Å². The highest BCUT2D eigenvalue weighted by molar-refractivity contribution is 5.99. The van der Waals surface area contributed by atoms with Crippen molar-refractivity contribution in [1.29, 1.82) is 0 Å². The van der Waals surface area contributed by atoms with Crippen molar-refractivity contribution in [3.05, 3.63) is 76.9 Å². The van der Waals surface area contributed by atoms with E-state index >= 15 is 0 Å². The molecule has 132 valence electrons. The summed E-state index contributed by atoms with van der Waals surface area (Å²) < 4.78 is 17.9. The molecule has 26 heavy (non-hydrogen) atoms. The summed E-state index contributed by atoms with van der Waals surface area (Å²) in [6.45, 7) is 3.46. The van der Waals surface area contributed by atoms with Crippen LogP contribution in [0, 0.1) is 19.7 Å². The highest BCUT2D eigenvalue weighted by atomic mass is 19.1. The molecule has 6 heteroatoms. The van der Waals surface area contributed by atoms with Crippen LogP contribution in [0.2, 0.25) is 0 Å². The number of carbonyl (C=O) groups is 2. The SMILES string of the molecule is Cc1nc(-c2ccc(C(=O)OCC(=O)c3ccc(F)cc3)cc2)[nH]c1C. The Morgan fingerprint density at radius 1 is 1.00 bits per heavy atom. The van der Waals surface area contributed by atoms with Crippen molar-refractivity contribution in [2.24, 2.45) is 0 Å². The van der Waals surface area contributed by atoms with Crippen LogP contribution in [-0.2, 0) is 4.74 Å². The molecular formula is C20H17FN2O3. The molecule has 0 aliphatic carbocycles. The minimum absolute atomic E-state index is 0.290. The maximum absolute atomic E-state index is 12.9. The minimum atomic E-state index is -0.598. The summed E-state index contributed by atoms with van der Waals surface area (Å²) in [5.74, 6) is -0.692. The topological polar surface area (TPSA) is 72.0 Å². The predicted octanol–water partition coefficient (Wildman–Crippen LogP) is 3.87. The van der Waals surface area contributed by atoms with Gasteiger partial charge in [0, 0.05) is 16.8 Å². The number of aromatic nitrogens is 2. The molecule has 0 aliphatic rings. The van der Waals surface area contributed by atoms with Gasteiger partial charge in [-0.3, -0.25) is 4.79 Å². The zero-order valence-corrected chi connectivity index (χ0v) is 14.4. The van der Waals surface area contributed by atoms with Gasteiger partial charge in [-0.2, -0.15) is 0 Å². The summed E-state index contributed by atoms with van der Waals surface area (Å²) in [4.78, 5) is 31.6. The van der Waals surface area contributed by atoms with E-state index in [0.717, 1.165) is 22.8 Å². The standard InChI is InChI=1S/C20H17FN2O3/c1-12-13(2)23-19(22-12)15-3-5-16(6-4-15)20(25)26-11-18(24)14-7-9-17(21)10-8-14/h3-10H,11H2,1-2H3,(H,22,23). The fourth-order valence-electron chi connectivity index (χ4n) is 2.38. The first kappa shape index (κ1) is 17.5. The Kier molecular flexibility index (Phi) is 4.93. The number of nitrogens with zero attached hydrogens (tertiary/aromatic N) is 1. The lowest BCUT2D eigenvalue weighted by Gasteiger charge is -2.05. The number of carbonyl (C=O) groups excluding carboxylic acids is 2.